The standard InChI is InChI=1S/C24H23I2N3O3/c1-2-31-22-13-18(12-21(26)24(22)32-16-17-6-4-3-5-7-17)14-28-29-23(30)15-27-20-10-8-19(25)9-11-20/h3-14,27H,2,15-16H2,1H3,(H,29,30)/b28-14-. The highest BCUT2D eigenvalue weighted by Gasteiger charge is 2.12. The molecule has 3 rings (SSSR count). The van der Waals surface area contributed by atoms with Gasteiger partial charge in [-0.3, -0.25) is 4.79 Å². The number of nitrogens with one attached hydrogen (secondary N) is 2. The van der Waals surface area contributed by atoms with Crippen LogP contribution in [0, 0.1) is 7.14 Å². The minimum absolute atomic E-state index is 0.131. The first-order chi connectivity index (χ1) is 15.5. The van der Waals surface area contributed by atoms with Crippen molar-refractivity contribution in [3.05, 3.63) is 85.0 Å². The van der Waals surface area contributed by atoms with Crippen molar-refractivity contribution in [3.63, 3.8) is 0 Å². The molecule has 166 valence electrons. The maximum absolute atomic E-state index is 12.0. The zero-order valence-corrected chi connectivity index (χ0v) is 21.8. The molecule has 3 aromatic rings. The Bertz CT molecular complexity index is 1060. The number of halogens is 2. The smallest absolute Gasteiger partial charge is 0.259 e. The molecule has 0 heterocycles. The van der Waals surface area contributed by atoms with Gasteiger partial charge in [-0.05, 0) is 99.6 Å². The van der Waals surface area contributed by atoms with Crippen molar-refractivity contribution in [2.75, 3.05) is 18.5 Å². The van der Waals surface area contributed by atoms with E-state index in [0.29, 0.717) is 24.7 Å². The lowest BCUT2D eigenvalue weighted by Crippen LogP contribution is -2.25. The van der Waals surface area contributed by atoms with Gasteiger partial charge in [-0.15, -0.1) is 0 Å². The van der Waals surface area contributed by atoms with Crippen molar-refractivity contribution in [3.8, 4) is 11.5 Å². The summed E-state index contributed by atoms with van der Waals surface area (Å²) in [5.41, 5.74) is 5.30. The van der Waals surface area contributed by atoms with Crippen LogP contribution in [0.5, 0.6) is 11.5 Å². The van der Waals surface area contributed by atoms with Crippen LogP contribution >= 0.6 is 45.2 Å². The fraction of sp³-hybridized carbons (Fsp3) is 0.167. The molecule has 0 fully saturated rings. The topological polar surface area (TPSA) is 72.0 Å². The number of hydrogen-bond acceptors (Lipinski definition) is 5. The van der Waals surface area contributed by atoms with Gasteiger partial charge >= 0.3 is 0 Å². The van der Waals surface area contributed by atoms with E-state index in [1.54, 1.807) is 6.21 Å². The number of hydrazone groups is 1. The van der Waals surface area contributed by atoms with Crippen LogP contribution in [0.1, 0.15) is 18.1 Å². The van der Waals surface area contributed by atoms with Crippen LogP contribution < -0.4 is 20.2 Å². The monoisotopic (exact) mass is 655 g/mol. The van der Waals surface area contributed by atoms with E-state index in [2.05, 4.69) is 61.0 Å². The Morgan fingerprint density at radius 2 is 1.78 bits per heavy atom. The summed E-state index contributed by atoms with van der Waals surface area (Å²) in [6.07, 6.45) is 1.59. The average Bonchev–Trinajstić information content (AvgIpc) is 2.79. The van der Waals surface area contributed by atoms with Crippen molar-refractivity contribution in [1.82, 2.24) is 5.43 Å². The maximum Gasteiger partial charge on any atom is 0.259 e. The molecular formula is C24H23I2N3O3. The van der Waals surface area contributed by atoms with E-state index in [1.165, 1.54) is 0 Å². The lowest BCUT2D eigenvalue weighted by atomic mass is 10.2. The van der Waals surface area contributed by atoms with Crippen LogP contribution in [0.4, 0.5) is 5.69 Å². The normalized spacial score (nSPS) is 10.7. The summed E-state index contributed by atoms with van der Waals surface area (Å²) in [6, 6.07) is 21.6. The molecule has 32 heavy (non-hydrogen) atoms. The number of nitrogens with zero attached hydrogens (tertiary/aromatic N) is 1. The molecule has 0 saturated heterocycles. The third-order valence-corrected chi connectivity index (χ3v) is 5.78. The molecule has 1 amide bonds. The van der Waals surface area contributed by atoms with Gasteiger partial charge in [0.2, 0.25) is 0 Å². The van der Waals surface area contributed by atoms with E-state index in [-0.39, 0.29) is 12.5 Å². The third kappa shape index (κ3) is 7.66. The molecule has 0 bridgehead atoms. The van der Waals surface area contributed by atoms with Gasteiger partial charge in [0.15, 0.2) is 11.5 Å². The van der Waals surface area contributed by atoms with Crippen molar-refractivity contribution >= 4 is 63.0 Å². The summed E-state index contributed by atoms with van der Waals surface area (Å²) in [6.45, 7) is 3.02. The summed E-state index contributed by atoms with van der Waals surface area (Å²) in [5.74, 6) is 1.10. The first-order valence-electron chi connectivity index (χ1n) is 9.99. The molecule has 0 aliphatic heterocycles. The van der Waals surface area contributed by atoms with Crippen molar-refractivity contribution < 1.29 is 14.3 Å². The van der Waals surface area contributed by atoms with E-state index in [1.807, 2.05) is 73.7 Å². The Morgan fingerprint density at radius 3 is 2.50 bits per heavy atom. The Labute approximate surface area is 215 Å². The number of anilines is 1. The molecule has 0 unspecified atom stereocenters. The highest BCUT2D eigenvalue weighted by molar-refractivity contribution is 14.1. The summed E-state index contributed by atoms with van der Waals surface area (Å²) < 4.78 is 13.9. The van der Waals surface area contributed by atoms with Gasteiger partial charge in [0, 0.05) is 9.26 Å². The first kappa shape index (κ1) is 24.3. The van der Waals surface area contributed by atoms with Crippen LogP contribution in [0.2, 0.25) is 0 Å². The number of carbonyl (C=O) groups is 1. The number of ether oxygens (including phenoxy) is 2. The Morgan fingerprint density at radius 1 is 1.03 bits per heavy atom. The SMILES string of the molecule is CCOc1cc(/C=N\NC(=O)CNc2ccc(I)cc2)cc(I)c1OCc1ccccc1. The van der Waals surface area contributed by atoms with Crippen molar-refractivity contribution in [2.24, 2.45) is 5.10 Å². The molecule has 0 saturated carbocycles. The van der Waals surface area contributed by atoms with Crippen molar-refractivity contribution in [1.29, 1.82) is 0 Å². The zero-order valence-electron chi connectivity index (χ0n) is 17.5. The summed E-state index contributed by atoms with van der Waals surface area (Å²) in [4.78, 5) is 12.0. The predicted molar refractivity (Wildman–Crippen MR) is 144 cm³/mol. The van der Waals surface area contributed by atoms with Crippen LogP contribution in [-0.4, -0.2) is 25.3 Å². The lowest BCUT2D eigenvalue weighted by molar-refractivity contribution is -0.119. The second-order valence-corrected chi connectivity index (χ2v) is 9.10. The van der Waals surface area contributed by atoms with Gasteiger partial charge in [0.1, 0.15) is 6.61 Å². The molecule has 0 aromatic heterocycles. The fourth-order valence-corrected chi connectivity index (χ4v) is 3.90. The van der Waals surface area contributed by atoms with E-state index >= 15 is 0 Å². The number of hydrogen-bond donors (Lipinski definition) is 2. The molecule has 6 nitrogen and oxygen atoms in total. The number of rotatable bonds is 10. The van der Waals surface area contributed by atoms with E-state index in [4.69, 9.17) is 9.47 Å². The van der Waals surface area contributed by atoms with Gasteiger partial charge in [-0.25, -0.2) is 5.43 Å². The molecule has 2 N–H and O–H groups in total. The maximum atomic E-state index is 12.0. The van der Waals surface area contributed by atoms with Crippen LogP contribution in [0.15, 0.2) is 71.8 Å². The molecule has 3 aromatic carbocycles. The molecular weight excluding hydrogens is 632 g/mol. The summed E-state index contributed by atoms with van der Waals surface area (Å²) in [5, 5.41) is 7.13. The average molecular weight is 655 g/mol. The van der Waals surface area contributed by atoms with Gasteiger partial charge < -0.3 is 14.8 Å². The molecule has 0 atom stereocenters. The van der Waals surface area contributed by atoms with E-state index < -0.39 is 0 Å². The Balaban J connectivity index is 1.59. The fourth-order valence-electron chi connectivity index (χ4n) is 2.76. The quantitative estimate of drug-likeness (QED) is 0.174. The number of amides is 1. The predicted octanol–water partition coefficient (Wildman–Crippen LogP) is 5.44. The van der Waals surface area contributed by atoms with Crippen LogP contribution in [0.25, 0.3) is 0 Å². The van der Waals surface area contributed by atoms with Crippen LogP contribution in [-0.2, 0) is 11.4 Å². The second-order valence-electron chi connectivity index (χ2n) is 6.69. The zero-order chi connectivity index (χ0) is 22.8. The minimum atomic E-state index is -0.234. The molecule has 0 aliphatic rings. The Kier molecular flexibility index (Phi) is 9.60. The lowest BCUT2D eigenvalue weighted by Gasteiger charge is -2.14. The van der Waals surface area contributed by atoms with Gasteiger partial charge in [0.05, 0.1) is 22.9 Å². The molecule has 8 heteroatoms. The van der Waals surface area contributed by atoms with Gasteiger partial charge in [0.25, 0.3) is 5.91 Å². The van der Waals surface area contributed by atoms with Gasteiger partial charge in [-0.1, -0.05) is 30.3 Å². The van der Waals surface area contributed by atoms with E-state index in [9.17, 15) is 4.79 Å². The second kappa shape index (κ2) is 12.6. The highest BCUT2D eigenvalue weighted by atomic mass is 127. The van der Waals surface area contributed by atoms with Crippen LogP contribution in [0.3, 0.4) is 0 Å². The minimum Gasteiger partial charge on any atom is -0.490 e. The summed E-state index contributed by atoms with van der Waals surface area (Å²) >= 11 is 4.45. The largest absolute Gasteiger partial charge is 0.490 e. The summed E-state index contributed by atoms with van der Waals surface area (Å²) in [7, 11) is 0. The van der Waals surface area contributed by atoms with Crippen molar-refractivity contribution in [2.45, 2.75) is 13.5 Å². The van der Waals surface area contributed by atoms with E-state index in [0.717, 1.165) is 24.0 Å². The first-order valence-corrected chi connectivity index (χ1v) is 12.2. The molecule has 0 radical (unpaired) electrons. The third-order valence-electron chi connectivity index (χ3n) is 4.26. The van der Waals surface area contributed by atoms with Gasteiger partial charge in [-0.2, -0.15) is 5.10 Å². The number of benzene rings is 3. The Hall–Kier alpha value is -2.34. The molecule has 0 aliphatic carbocycles. The number of carbonyl (C=O) groups excluding carboxylic acids is 1. The molecule has 0 spiro atoms. The highest BCUT2D eigenvalue weighted by Crippen LogP contribution is 2.34.